The molecule has 0 aliphatic heterocycles. The summed E-state index contributed by atoms with van der Waals surface area (Å²) in [5.74, 6) is 1.81. The van der Waals surface area contributed by atoms with Crippen molar-refractivity contribution in [2.75, 3.05) is 41.0 Å². The van der Waals surface area contributed by atoms with Crippen LogP contribution in [-0.2, 0) is 0 Å². The smallest absolute Gasteiger partial charge is 0.203 e. The molecular formula is C15H26N2O4. The number of nitrogens with one attached hydrogen (secondary N) is 1. The summed E-state index contributed by atoms with van der Waals surface area (Å²) >= 11 is 0. The maximum absolute atomic E-state index is 8.81. The lowest BCUT2D eigenvalue weighted by Crippen LogP contribution is -2.29. The SMILES string of the molecule is COc1ccc(C(CN)NCCCCO)c(OC)c1OC. The molecule has 1 rings (SSSR count). The van der Waals surface area contributed by atoms with Crippen molar-refractivity contribution >= 4 is 0 Å². The fraction of sp³-hybridized carbons (Fsp3) is 0.600. The molecule has 1 aromatic carbocycles. The van der Waals surface area contributed by atoms with E-state index in [9.17, 15) is 0 Å². The van der Waals surface area contributed by atoms with E-state index in [-0.39, 0.29) is 12.6 Å². The molecule has 21 heavy (non-hydrogen) atoms. The number of unbranched alkanes of at least 4 members (excludes halogenated alkanes) is 1. The van der Waals surface area contributed by atoms with Crippen LogP contribution < -0.4 is 25.3 Å². The predicted molar refractivity (Wildman–Crippen MR) is 82.2 cm³/mol. The van der Waals surface area contributed by atoms with Crippen molar-refractivity contribution in [1.29, 1.82) is 0 Å². The Morgan fingerprint density at radius 3 is 2.33 bits per heavy atom. The van der Waals surface area contributed by atoms with E-state index in [2.05, 4.69) is 5.32 Å². The van der Waals surface area contributed by atoms with Crippen molar-refractivity contribution < 1.29 is 19.3 Å². The van der Waals surface area contributed by atoms with Crippen LogP contribution in [0, 0.1) is 0 Å². The van der Waals surface area contributed by atoms with Gasteiger partial charge in [-0.2, -0.15) is 0 Å². The molecule has 0 aliphatic carbocycles. The quantitative estimate of drug-likeness (QED) is 0.560. The molecule has 0 spiro atoms. The van der Waals surface area contributed by atoms with Crippen molar-refractivity contribution in [2.45, 2.75) is 18.9 Å². The van der Waals surface area contributed by atoms with Gasteiger partial charge in [-0.25, -0.2) is 0 Å². The molecule has 6 nitrogen and oxygen atoms in total. The Bertz CT molecular complexity index is 426. The van der Waals surface area contributed by atoms with Crippen molar-refractivity contribution in [2.24, 2.45) is 5.73 Å². The van der Waals surface area contributed by atoms with Gasteiger partial charge in [0.25, 0.3) is 0 Å². The lowest BCUT2D eigenvalue weighted by atomic mass is 10.0. The fourth-order valence-electron chi connectivity index (χ4n) is 2.23. The van der Waals surface area contributed by atoms with Crippen LogP contribution in [0.1, 0.15) is 24.4 Å². The molecule has 0 bridgehead atoms. The van der Waals surface area contributed by atoms with Crippen LogP contribution in [0.5, 0.6) is 17.2 Å². The van der Waals surface area contributed by atoms with E-state index in [1.807, 2.05) is 12.1 Å². The van der Waals surface area contributed by atoms with E-state index in [1.54, 1.807) is 21.3 Å². The second kappa shape index (κ2) is 9.44. The summed E-state index contributed by atoms with van der Waals surface area (Å²) in [6.45, 7) is 1.42. The molecule has 1 aromatic rings. The molecule has 0 amide bonds. The van der Waals surface area contributed by atoms with Crippen LogP contribution in [0.15, 0.2) is 12.1 Å². The summed E-state index contributed by atoms with van der Waals surface area (Å²) in [5.41, 5.74) is 6.80. The molecule has 0 radical (unpaired) electrons. The van der Waals surface area contributed by atoms with Gasteiger partial charge < -0.3 is 30.4 Å². The first-order valence-electron chi connectivity index (χ1n) is 7.06. The molecule has 0 aromatic heterocycles. The standard InChI is InChI=1S/C15H26N2O4/c1-19-13-7-6-11(14(20-2)15(13)21-3)12(10-16)17-8-4-5-9-18/h6-7,12,17-18H,4-5,8-10,16H2,1-3H3. The molecule has 4 N–H and O–H groups in total. The average molecular weight is 298 g/mol. The van der Waals surface area contributed by atoms with Crippen LogP contribution in [0.4, 0.5) is 0 Å². The minimum atomic E-state index is -0.0431. The second-order valence-corrected chi connectivity index (χ2v) is 4.60. The Balaban J connectivity index is 2.97. The Morgan fingerprint density at radius 1 is 1.10 bits per heavy atom. The molecule has 6 heteroatoms. The van der Waals surface area contributed by atoms with Gasteiger partial charge in [-0.1, -0.05) is 0 Å². The first-order valence-corrected chi connectivity index (χ1v) is 7.06. The number of ether oxygens (including phenoxy) is 3. The zero-order valence-corrected chi connectivity index (χ0v) is 13.0. The molecule has 0 saturated carbocycles. The van der Waals surface area contributed by atoms with Crippen LogP contribution in [-0.4, -0.2) is 46.1 Å². The van der Waals surface area contributed by atoms with E-state index in [0.717, 1.165) is 24.9 Å². The van der Waals surface area contributed by atoms with Gasteiger partial charge in [0.1, 0.15) is 0 Å². The third-order valence-electron chi connectivity index (χ3n) is 3.32. The highest BCUT2D eigenvalue weighted by Crippen LogP contribution is 2.41. The lowest BCUT2D eigenvalue weighted by molar-refractivity contribution is 0.282. The average Bonchev–Trinajstić information content (AvgIpc) is 2.53. The number of aliphatic hydroxyl groups excluding tert-OH is 1. The monoisotopic (exact) mass is 298 g/mol. The van der Waals surface area contributed by atoms with Gasteiger partial charge >= 0.3 is 0 Å². The summed E-state index contributed by atoms with van der Waals surface area (Å²) in [6.07, 6.45) is 1.66. The number of hydrogen-bond donors (Lipinski definition) is 3. The number of aliphatic hydroxyl groups is 1. The van der Waals surface area contributed by atoms with Crippen LogP contribution in [0.3, 0.4) is 0 Å². The summed E-state index contributed by atoms with van der Waals surface area (Å²) in [7, 11) is 4.76. The van der Waals surface area contributed by atoms with E-state index in [1.165, 1.54) is 0 Å². The topological polar surface area (TPSA) is 86.0 Å². The lowest BCUT2D eigenvalue weighted by Gasteiger charge is -2.22. The van der Waals surface area contributed by atoms with Gasteiger partial charge in [-0.05, 0) is 31.5 Å². The van der Waals surface area contributed by atoms with Crippen molar-refractivity contribution in [3.63, 3.8) is 0 Å². The summed E-state index contributed by atoms with van der Waals surface area (Å²) in [6, 6.07) is 3.73. The molecule has 120 valence electrons. The Kier molecular flexibility index (Phi) is 7.89. The van der Waals surface area contributed by atoms with E-state index in [0.29, 0.717) is 23.8 Å². The van der Waals surface area contributed by atoms with E-state index in [4.69, 9.17) is 25.1 Å². The minimum absolute atomic E-state index is 0.0431. The molecule has 0 saturated heterocycles. The third kappa shape index (κ3) is 4.49. The highest BCUT2D eigenvalue weighted by molar-refractivity contribution is 5.56. The summed E-state index contributed by atoms with van der Waals surface area (Å²) < 4.78 is 16.1. The van der Waals surface area contributed by atoms with Gasteiger partial charge in [-0.3, -0.25) is 0 Å². The van der Waals surface area contributed by atoms with E-state index < -0.39 is 0 Å². The van der Waals surface area contributed by atoms with Gasteiger partial charge in [0.05, 0.1) is 21.3 Å². The maximum Gasteiger partial charge on any atom is 0.203 e. The first kappa shape index (κ1) is 17.6. The normalized spacial score (nSPS) is 12.0. The molecule has 1 atom stereocenters. The summed E-state index contributed by atoms with van der Waals surface area (Å²) in [5, 5.41) is 12.2. The highest BCUT2D eigenvalue weighted by atomic mass is 16.5. The second-order valence-electron chi connectivity index (χ2n) is 4.60. The van der Waals surface area contributed by atoms with Crippen molar-refractivity contribution in [1.82, 2.24) is 5.32 Å². The Labute approximate surface area is 126 Å². The molecule has 0 heterocycles. The zero-order valence-electron chi connectivity index (χ0n) is 13.0. The van der Waals surface area contributed by atoms with Gasteiger partial charge in [0.2, 0.25) is 5.75 Å². The molecule has 1 unspecified atom stereocenters. The van der Waals surface area contributed by atoms with Gasteiger partial charge in [0.15, 0.2) is 11.5 Å². The number of benzene rings is 1. The van der Waals surface area contributed by atoms with Crippen molar-refractivity contribution in [3.8, 4) is 17.2 Å². The van der Waals surface area contributed by atoms with Gasteiger partial charge in [0, 0.05) is 24.8 Å². The fourth-order valence-corrected chi connectivity index (χ4v) is 2.23. The Morgan fingerprint density at radius 2 is 1.81 bits per heavy atom. The number of hydrogen-bond acceptors (Lipinski definition) is 6. The van der Waals surface area contributed by atoms with Crippen LogP contribution in [0.25, 0.3) is 0 Å². The zero-order chi connectivity index (χ0) is 15.7. The third-order valence-corrected chi connectivity index (χ3v) is 3.32. The van der Waals surface area contributed by atoms with Crippen molar-refractivity contribution in [3.05, 3.63) is 17.7 Å². The summed E-state index contributed by atoms with van der Waals surface area (Å²) in [4.78, 5) is 0. The maximum atomic E-state index is 8.81. The number of methoxy groups -OCH3 is 3. The molecule has 0 fully saturated rings. The number of rotatable bonds is 10. The van der Waals surface area contributed by atoms with Crippen LogP contribution in [0.2, 0.25) is 0 Å². The predicted octanol–water partition coefficient (Wildman–Crippen LogP) is 1.07. The largest absolute Gasteiger partial charge is 0.493 e. The van der Waals surface area contributed by atoms with E-state index >= 15 is 0 Å². The highest BCUT2D eigenvalue weighted by Gasteiger charge is 2.21. The molecule has 0 aliphatic rings. The van der Waals surface area contributed by atoms with Gasteiger partial charge in [-0.15, -0.1) is 0 Å². The first-order chi connectivity index (χ1) is 10.2. The number of nitrogens with two attached hydrogens (primary N) is 1. The van der Waals surface area contributed by atoms with Crippen LogP contribution >= 0.6 is 0 Å². The molecular weight excluding hydrogens is 272 g/mol. The Hall–Kier alpha value is -1.50. The minimum Gasteiger partial charge on any atom is -0.493 e.